The lowest BCUT2D eigenvalue weighted by Crippen LogP contribution is -2.19. The van der Waals surface area contributed by atoms with Gasteiger partial charge in [0.15, 0.2) is 0 Å². The first kappa shape index (κ1) is 14.2. The van der Waals surface area contributed by atoms with Gasteiger partial charge in [0.25, 0.3) is 0 Å². The van der Waals surface area contributed by atoms with Gasteiger partial charge in [0.2, 0.25) is 0 Å². The van der Waals surface area contributed by atoms with Crippen molar-refractivity contribution in [1.29, 1.82) is 0 Å². The monoisotopic (exact) mass is 277 g/mol. The summed E-state index contributed by atoms with van der Waals surface area (Å²) in [5.41, 5.74) is 0. The average molecular weight is 277 g/mol. The summed E-state index contributed by atoms with van der Waals surface area (Å²) in [4.78, 5) is 1.30. The van der Waals surface area contributed by atoms with Gasteiger partial charge in [-0.1, -0.05) is 13.0 Å². The van der Waals surface area contributed by atoms with E-state index in [9.17, 15) is 4.39 Å². The van der Waals surface area contributed by atoms with Crippen molar-refractivity contribution in [2.75, 3.05) is 6.54 Å². The number of thiophene rings is 1. The third kappa shape index (κ3) is 3.64. The minimum atomic E-state index is -0.163. The predicted molar refractivity (Wildman–Crippen MR) is 82.2 cm³/mol. The van der Waals surface area contributed by atoms with Gasteiger partial charge in [0, 0.05) is 15.6 Å². The van der Waals surface area contributed by atoms with Gasteiger partial charge in [-0.25, -0.2) is 4.39 Å². The van der Waals surface area contributed by atoms with Crippen molar-refractivity contribution in [3.8, 4) is 0 Å². The van der Waals surface area contributed by atoms with Crippen LogP contribution < -0.4 is 5.32 Å². The molecular formula is C16H20FNS. The van der Waals surface area contributed by atoms with Crippen LogP contribution in [-0.2, 0) is 0 Å². The van der Waals surface area contributed by atoms with Gasteiger partial charge in [0.05, 0.1) is 0 Å². The van der Waals surface area contributed by atoms with E-state index >= 15 is 0 Å². The largest absolute Gasteiger partial charge is 0.310 e. The Morgan fingerprint density at radius 1 is 1.42 bits per heavy atom. The van der Waals surface area contributed by atoms with Crippen LogP contribution >= 0.6 is 11.3 Å². The molecule has 1 atom stereocenters. The van der Waals surface area contributed by atoms with Gasteiger partial charge in [0.1, 0.15) is 5.82 Å². The lowest BCUT2D eigenvalue weighted by molar-refractivity contribution is 0.507. The maximum atomic E-state index is 13.2. The summed E-state index contributed by atoms with van der Waals surface area (Å²) in [5, 5.41) is 4.52. The molecule has 0 saturated heterocycles. The number of halogens is 1. The summed E-state index contributed by atoms with van der Waals surface area (Å²) in [7, 11) is 0. The standard InChI is InChI=1S/C16H20FNS/c1-3-5-6-7-14(18-4-2)16-11-12-10-13(17)8-9-15(12)19-16/h3,8-11,14,18H,1,4-7H2,2H3. The van der Waals surface area contributed by atoms with Crippen LogP contribution in [-0.4, -0.2) is 6.54 Å². The van der Waals surface area contributed by atoms with Crippen LogP contribution in [0.15, 0.2) is 36.9 Å². The topological polar surface area (TPSA) is 12.0 Å². The van der Waals surface area contributed by atoms with Gasteiger partial charge in [-0.15, -0.1) is 17.9 Å². The predicted octanol–water partition coefficient (Wildman–Crippen LogP) is 5.05. The summed E-state index contributed by atoms with van der Waals surface area (Å²) in [6.07, 6.45) is 5.23. The molecule has 0 amide bonds. The first-order chi connectivity index (χ1) is 9.24. The molecule has 2 rings (SSSR count). The van der Waals surface area contributed by atoms with Crippen molar-refractivity contribution in [1.82, 2.24) is 5.32 Å². The zero-order valence-corrected chi connectivity index (χ0v) is 12.1. The van der Waals surface area contributed by atoms with Crippen LogP contribution in [0.25, 0.3) is 10.1 Å². The fraction of sp³-hybridized carbons (Fsp3) is 0.375. The Kier molecular flexibility index (Phi) is 5.11. The molecule has 0 bridgehead atoms. The second-order valence-corrected chi connectivity index (χ2v) is 5.78. The Morgan fingerprint density at radius 3 is 3.00 bits per heavy atom. The average Bonchev–Trinajstić information content (AvgIpc) is 2.80. The Morgan fingerprint density at radius 2 is 2.26 bits per heavy atom. The van der Waals surface area contributed by atoms with Gasteiger partial charge in [-0.3, -0.25) is 0 Å². The highest BCUT2D eigenvalue weighted by molar-refractivity contribution is 7.19. The molecule has 2 aromatic rings. The molecule has 0 aliphatic heterocycles. The molecular weight excluding hydrogens is 257 g/mol. The number of unbranched alkanes of at least 4 members (excludes halogenated alkanes) is 1. The molecule has 1 heterocycles. The van der Waals surface area contributed by atoms with Gasteiger partial charge in [-0.05, 0) is 55.5 Å². The maximum absolute atomic E-state index is 13.2. The molecule has 0 spiro atoms. The normalized spacial score (nSPS) is 12.7. The third-order valence-electron chi connectivity index (χ3n) is 3.19. The SMILES string of the molecule is C=CCCCC(NCC)c1cc2cc(F)ccc2s1. The number of allylic oxidation sites excluding steroid dienone is 1. The van der Waals surface area contributed by atoms with Gasteiger partial charge >= 0.3 is 0 Å². The molecule has 0 fully saturated rings. The van der Waals surface area contributed by atoms with E-state index in [2.05, 4.69) is 24.9 Å². The molecule has 1 unspecified atom stereocenters. The number of rotatable bonds is 7. The lowest BCUT2D eigenvalue weighted by Gasteiger charge is -2.15. The van der Waals surface area contributed by atoms with Crippen LogP contribution in [0.4, 0.5) is 4.39 Å². The third-order valence-corrected chi connectivity index (χ3v) is 4.42. The number of benzene rings is 1. The van der Waals surface area contributed by atoms with Crippen LogP contribution in [0, 0.1) is 5.82 Å². The number of hydrogen-bond donors (Lipinski definition) is 1. The van der Waals surface area contributed by atoms with Crippen molar-refractivity contribution >= 4 is 21.4 Å². The van der Waals surface area contributed by atoms with Crippen molar-refractivity contribution in [3.05, 3.63) is 47.6 Å². The van der Waals surface area contributed by atoms with E-state index in [0.717, 1.165) is 35.9 Å². The van der Waals surface area contributed by atoms with Crippen LogP contribution in [0.5, 0.6) is 0 Å². The summed E-state index contributed by atoms with van der Waals surface area (Å²) in [6, 6.07) is 7.49. The quantitative estimate of drug-likeness (QED) is 0.552. The van der Waals surface area contributed by atoms with Crippen LogP contribution in [0.2, 0.25) is 0 Å². The molecule has 0 saturated carbocycles. The zero-order chi connectivity index (χ0) is 13.7. The first-order valence-corrected chi connectivity index (χ1v) is 7.59. The molecule has 0 aliphatic carbocycles. The highest BCUT2D eigenvalue weighted by Gasteiger charge is 2.13. The van der Waals surface area contributed by atoms with E-state index in [-0.39, 0.29) is 5.82 Å². The molecule has 1 nitrogen and oxygen atoms in total. The number of hydrogen-bond acceptors (Lipinski definition) is 2. The van der Waals surface area contributed by atoms with Crippen molar-refractivity contribution in [2.45, 2.75) is 32.2 Å². The van der Waals surface area contributed by atoms with E-state index < -0.39 is 0 Å². The van der Waals surface area contributed by atoms with E-state index in [1.54, 1.807) is 17.4 Å². The molecule has 19 heavy (non-hydrogen) atoms. The minimum absolute atomic E-state index is 0.163. The molecule has 1 aromatic carbocycles. The number of nitrogens with one attached hydrogen (secondary N) is 1. The summed E-state index contributed by atoms with van der Waals surface area (Å²) < 4.78 is 14.4. The van der Waals surface area contributed by atoms with E-state index in [4.69, 9.17) is 0 Å². The van der Waals surface area contributed by atoms with E-state index in [1.165, 1.54) is 10.9 Å². The summed E-state index contributed by atoms with van der Waals surface area (Å²) >= 11 is 1.76. The highest BCUT2D eigenvalue weighted by Crippen LogP contribution is 2.32. The van der Waals surface area contributed by atoms with E-state index in [1.807, 2.05) is 12.1 Å². The lowest BCUT2D eigenvalue weighted by atomic mass is 10.1. The molecule has 102 valence electrons. The number of fused-ring (bicyclic) bond motifs is 1. The Bertz CT molecular complexity index is 547. The Hall–Kier alpha value is -1.19. The maximum Gasteiger partial charge on any atom is 0.123 e. The first-order valence-electron chi connectivity index (χ1n) is 6.78. The van der Waals surface area contributed by atoms with Gasteiger partial charge < -0.3 is 5.32 Å². The molecule has 3 heteroatoms. The summed E-state index contributed by atoms with van der Waals surface area (Å²) in [6.45, 7) is 6.83. The van der Waals surface area contributed by atoms with Crippen molar-refractivity contribution in [3.63, 3.8) is 0 Å². The second kappa shape index (κ2) is 6.83. The summed E-state index contributed by atoms with van der Waals surface area (Å²) in [5.74, 6) is -0.163. The smallest absolute Gasteiger partial charge is 0.123 e. The van der Waals surface area contributed by atoms with Crippen molar-refractivity contribution < 1.29 is 4.39 Å². The minimum Gasteiger partial charge on any atom is -0.310 e. The Balaban J connectivity index is 2.20. The van der Waals surface area contributed by atoms with E-state index in [0.29, 0.717) is 6.04 Å². The highest BCUT2D eigenvalue weighted by atomic mass is 32.1. The molecule has 0 aliphatic rings. The molecule has 1 aromatic heterocycles. The van der Waals surface area contributed by atoms with Gasteiger partial charge in [-0.2, -0.15) is 0 Å². The second-order valence-electron chi connectivity index (χ2n) is 4.66. The fourth-order valence-electron chi connectivity index (χ4n) is 2.26. The van der Waals surface area contributed by atoms with Crippen LogP contribution in [0.1, 0.15) is 37.1 Å². The Labute approximate surface area is 118 Å². The fourth-order valence-corrected chi connectivity index (χ4v) is 3.42. The van der Waals surface area contributed by atoms with Crippen molar-refractivity contribution in [2.24, 2.45) is 0 Å². The molecule has 0 radical (unpaired) electrons. The van der Waals surface area contributed by atoms with Crippen LogP contribution in [0.3, 0.4) is 0 Å². The molecule has 1 N–H and O–H groups in total. The zero-order valence-electron chi connectivity index (χ0n) is 11.3.